The molecule has 0 saturated heterocycles. The van der Waals surface area contributed by atoms with Crippen LogP contribution in [0.25, 0.3) is 22.3 Å². The number of carbonyl (C=O) groups is 1. The maximum absolute atomic E-state index is 12.7. The van der Waals surface area contributed by atoms with Gasteiger partial charge in [-0.25, -0.2) is 9.97 Å². The maximum atomic E-state index is 12.7. The molecule has 164 valence electrons. The predicted molar refractivity (Wildman–Crippen MR) is 111 cm³/mol. The fraction of sp³-hybridized carbons (Fsp3) is 0.174. The van der Waals surface area contributed by atoms with E-state index in [4.69, 9.17) is 9.84 Å². The molecule has 4 rings (SSSR count). The zero-order valence-electron chi connectivity index (χ0n) is 16.9. The molecule has 9 heteroatoms. The normalized spacial score (nSPS) is 11.6. The van der Waals surface area contributed by atoms with Crippen LogP contribution in [0, 0.1) is 6.92 Å². The molecule has 0 aliphatic carbocycles. The van der Waals surface area contributed by atoms with E-state index >= 15 is 0 Å². The Morgan fingerprint density at radius 2 is 1.88 bits per heavy atom. The van der Waals surface area contributed by atoms with Crippen molar-refractivity contribution >= 4 is 16.9 Å². The largest absolute Gasteiger partial charge is 0.489 e. The first-order valence-corrected chi connectivity index (χ1v) is 9.64. The second-order valence-electron chi connectivity index (χ2n) is 7.23. The van der Waals surface area contributed by atoms with Gasteiger partial charge in [-0.15, -0.1) is 0 Å². The van der Waals surface area contributed by atoms with Crippen LogP contribution in [0.3, 0.4) is 0 Å². The first-order chi connectivity index (χ1) is 15.2. The Morgan fingerprint density at radius 3 is 2.53 bits per heavy atom. The van der Waals surface area contributed by atoms with Crippen LogP contribution in [-0.4, -0.2) is 25.6 Å². The SMILES string of the molecule is Cc1nc(-c2ccc(C(F)(F)F)cc2)ncc1COc1ccc2c(ccn2CC(=O)O)c1. The number of aliphatic carboxylic acids is 1. The third-order valence-electron chi connectivity index (χ3n) is 4.99. The van der Waals surface area contributed by atoms with Crippen molar-refractivity contribution < 1.29 is 27.8 Å². The molecule has 32 heavy (non-hydrogen) atoms. The third-order valence-corrected chi connectivity index (χ3v) is 4.99. The summed E-state index contributed by atoms with van der Waals surface area (Å²) in [4.78, 5) is 19.6. The van der Waals surface area contributed by atoms with Crippen LogP contribution >= 0.6 is 0 Å². The fourth-order valence-corrected chi connectivity index (χ4v) is 3.29. The van der Waals surface area contributed by atoms with E-state index in [1.807, 2.05) is 12.1 Å². The van der Waals surface area contributed by atoms with Crippen molar-refractivity contribution in [3.05, 3.63) is 77.7 Å². The van der Waals surface area contributed by atoms with E-state index < -0.39 is 17.7 Å². The van der Waals surface area contributed by atoms with Crippen LogP contribution in [0.1, 0.15) is 16.8 Å². The fourth-order valence-electron chi connectivity index (χ4n) is 3.29. The molecule has 0 bridgehead atoms. The first kappa shape index (κ1) is 21.4. The van der Waals surface area contributed by atoms with Crippen molar-refractivity contribution in [3.8, 4) is 17.1 Å². The lowest BCUT2D eigenvalue weighted by atomic mass is 10.1. The Labute approximate surface area is 180 Å². The number of carboxylic acids is 1. The van der Waals surface area contributed by atoms with Gasteiger partial charge in [-0.3, -0.25) is 4.79 Å². The molecule has 0 spiro atoms. The van der Waals surface area contributed by atoms with E-state index in [2.05, 4.69) is 9.97 Å². The lowest BCUT2D eigenvalue weighted by Gasteiger charge is -2.11. The van der Waals surface area contributed by atoms with Gasteiger partial charge in [0, 0.05) is 40.1 Å². The number of fused-ring (bicyclic) bond motifs is 1. The van der Waals surface area contributed by atoms with Crippen molar-refractivity contribution in [1.82, 2.24) is 14.5 Å². The van der Waals surface area contributed by atoms with Gasteiger partial charge < -0.3 is 14.4 Å². The van der Waals surface area contributed by atoms with E-state index in [-0.39, 0.29) is 13.2 Å². The van der Waals surface area contributed by atoms with E-state index in [0.29, 0.717) is 22.8 Å². The number of benzene rings is 2. The van der Waals surface area contributed by atoms with Crippen molar-refractivity contribution in [2.45, 2.75) is 26.3 Å². The van der Waals surface area contributed by atoms with Crippen molar-refractivity contribution in [2.24, 2.45) is 0 Å². The molecule has 4 aromatic rings. The van der Waals surface area contributed by atoms with Gasteiger partial charge in [0.15, 0.2) is 5.82 Å². The maximum Gasteiger partial charge on any atom is 0.416 e. The molecule has 0 radical (unpaired) electrons. The number of nitrogens with zero attached hydrogens (tertiary/aromatic N) is 3. The first-order valence-electron chi connectivity index (χ1n) is 9.64. The number of hydrogen-bond donors (Lipinski definition) is 1. The minimum absolute atomic E-state index is 0.120. The summed E-state index contributed by atoms with van der Waals surface area (Å²) in [7, 11) is 0. The van der Waals surface area contributed by atoms with Gasteiger partial charge in [0.1, 0.15) is 18.9 Å². The molecule has 0 saturated carbocycles. The summed E-state index contributed by atoms with van der Waals surface area (Å²) in [5, 5.41) is 9.83. The highest BCUT2D eigenvalue weighted by molar-refractivity contribution is 5.83. The molecular weight excluding hydrogens is 423 g/mol. The van der Waals surface area contributed by atoms with Crippen LogP contribution in [0.4, 0.5) is 13.2 Å². The summed E-state index contributed by atoms with van der Waals surface area (Å²) in [6, 6.07) is 11.9. The summed E-state index contributed by atoms with van der Waals surface area (Å²) >= 11 is 0. The highest BCUT2D eigenvalue weighted by Crippen LogP contribution is 2.30. The lowest BCUT2D eigenvalue weighted by molar-refractivity contribution is -0.138. The molecule has 2 aromatic heterocycles. The minimum atomic E-state index is -4.39. The molecule has 0 amide bonds. The van der Waals surface area contributed by atoms with E-state index in [9.17, 15) is 18.0 Å². The van der Waals surface area contributed by atoms with Gasteiger partial charge >= 0.3 is 12.1 Å². The van der Waals surface area contributed by atoms with Crippen LogP contribution in [0.15, 0.2) is 60.9 Å². The summed E-state index contributed by atoms with van der Waals surface area (Å²) in [6.07, 6.45) is -1.09. The van der Waals surface area contributed by atoms with Crippen molar-refractivity contribution in [2.75, 3.05) is 0 Å². The Hall–Kier alpha value is -3.88. The van der Waals surface area contributed by atoms with Crippen LogP contribution in [0.2, 0.25) is 0 Å². The summed E-state index contributed by atoms with van der Waals surface area (Å²) < 4.78 is 45.7. The molecule has 1 N–H and O–H groups in total. The minimum Gasteiger partial charge on any atom is -0.489 e. The van der Waals surface area contributed by atoms with E-state index in [1.165, 1.54) is 12.1 Å². The summed E-state index contributed by atoms with van der Waals surface area (Å²) in [5.41, 5.74) is 1.95. The lowest BCUT2D eigenvalue weighted by Crippen LogP contribution is -2.07. The number of carboxylic acid groups (broad SMARTS) is 1. The Morgan fingerprint density at radius 1 is 1.12 bits per heavy atom. The van der Waals surface area contributed by atoms with Gasteiger partial charge in [-0.05, 0) is 43.3 Å². The predicted octanol–water partition coefficient (Wildman–Crippen LogP) is 5.09. The second-order valence-corrected chi connectivity index (χ2v) is 7.23. The summed E-state index contributed by atoms with van der Waals surface area (Å²) in [5.74, 6) is 0.0241. The van der Waals surface area contributed by atoms with Gasteiger partial charge in [0.05, 0.1) is 5.56 Å². The second kappa shape index (κ2) is 8.33. The average Bonchev–Trinajstić information content (AvgIpc) is 3.13. The van der Waals surface area contributed by atoms with Gasteiger partial charge in [-0.1, -0.05) is 12.1 Å². The van der Waals surface area contributed by atoms with Crippen LogP contribution < -0.4 is 4.74 Å². The van der Waals surface area contributed by atoms with Crippen LogP contribution in [0.5, 0.6) is 5.75 Å². The monoisotopic (exact) mass is 441 g/mol. The number of halogens is 3. The Kier molecular flexibility index (Phi) is 5.56. The van der Waals surface area contributed by atoms with Gasteiger partial charge in [0.2, 0.25) is 0 Å². The Bertz CT molecular complexity index is 1280. The van der Waals surface area contributed by atoms with Crippen molar-refractivity contribution in [1.29, 1.82) is 0 Å². The topological polar surface area (TPSA) is 77.2 Å². The number of hydrogen-bond acceptors (Lipinski definition) is 4. The molecule has 2 heterocycles. The smallest absolute Gasteiger partial charge is 0.416 e. The van der Waals surface area contributed by atoms with E-state index in [0.717, 1.165) is 28.6 Å². The molecule has 0 fully saturated rings. The summed E-state index contributed by atoms with van der Waals surface area (Å²) in [6.45, 7) is 1.87. The van der Waals surface area contributed by atoms with Crippen molar-refractivity contribution in [3.63, 3.8) is 0 Å². The number of aryl methyl sites for hydroxylation is 1. The standard InChI is InChI=1S/C23H18F3N3O3/c1-14-17(11-27-22(28-14)15-2-4-18(5-3-15)23(24,25)26)13-32-19-6-7-20-16(10-19)8-9-29(20)12-21(30)31/h2-11H,12-13H2,1H3,(H,30,31). The number of aromatic nitrogens is 3. The van der Waals surface area contributed by atoms with E-state index in [1.54, 1.807) is 36.0 Å². The molecule has 6 nitrogen and oxygen atoms in total. The van der Waals surface area contributed by atoms with Crippen LogP contribution in [-0.2, 0) is 24.1 Å². The highest BCUT2D eigenvalue weighted by Gasteiger charge is 2.30. The zero-order valence-corrected chi connectivity index (χ0v) is 16.9. The number of ether oxygens (including phenoxy) is 1. The number of alkyl halides is 3. The molecule has 0 unspecified atom stereocenters. The van der Waals surface area contributed by atoms with Gasteiger partial charge in [0.25, 0.3) is 0 Å². The third kappa shape index (κ3) is 4.56. The highest BCUT2D eigenvalue weighted by atomic mass is 19.4. The molecule has 0 aliphatic heterocycles. The zero-order chi connectivity index (χ0) is 22.9. The average molecular weight is 441 g/mol. The molecule has 0 atom stereocenters. The van der Waals surface area contributed by atoms with Gasteiger partial charge in [-0.2, -0.15) is 13.2 Å². The molecule has 2 aromatic carbocycles. The molecule has 0 aliphatic rings. The quantitative estimate of drug-likeness (QED) is 0.451. The number of rotatable bonds is 6. The molecular formula is C23H18F3N3O3. The Balaban J connectivity index is 1.47.